The first-order chi connectivity index (χ1) is 19.1. The molecule has 1 aromatic carbocycles. The lowest BCUT2D eigenvalue weighted by Gasteiger charge is -2.42. The Balaban J connectivity index is 1.36. The fourth-order valence-electron chi connectivity index (χ4n) is 5.39. The molecule has 4 heterocycles. The highest BCUT2D eigenvalue weighted by Crippen LogP contribution is 2.38. The van der Waals surface area contributed by atoms with Gasteiger partial charge in [0.1, 0.15) is 17.1 Å². The van der Waals surface area contributed by atoms with E-state index >= 15 is 0 Å². The van der Waals surface area contributed by atoms with Crippen molar-refractivity contribution >= 4 is 17.6 Å². The SMILES string of the molecule is COc1ncccc1C(=O)N1CCC2(CCCN(c3cnccn3)CCNC(=O)c3ccccc3OC2)CC1. The Labute approximate surface area is 228 Å². The summed E-state index contributed by atoms with van der Waals surface area (Å²) in [7, 11) is 1.52. The Morgan fingerprint density at radius 2 is 1.85 bits per heavy atom. The van der Waals surface area contributed by atoms with Gasteiger partial charge in [0.05, 0.1) is 25.5 Å². The Morgan fingerprint density at radius 3 is 2.64 bits per heavy atom. The van der Waals surface area contributed by atoms with Crippen molar-refractivity contribution in [1.29, 1.82) is 0 Å². The fourth-order valence-corrected chi connectivity index (χ4v) is 5.39. The van der Waals surface area contributed by atoms with Crippen molar-refractivity contribution in [3.8, 4) is 11.6 Å². The van der Waals surface area contributed by atoms with Crippen LogP contribution in [0.4, 0.5) is 5.82 Å². The average Bonchev–Trinajstić information content (AvgIpc) is 3.00. The van der Waals surface area contributed by atoms with E-state index in [9.17, 15) is 9.59 Å². The summed E-state index contributed by atoms with van der Waals surface area (Å²) < 4.78 is 11.7. The maximum absolute atomic E-state index is 13.3. The number of rotatable bonds is 3. The molecule has 0 atom stereocenters. The molecule has 1 spiro atoms. The second-order valence-electron chi connectivity index (χ2n) is 10.0. The number of benzene rings is 1. The van der Waals surface area contributed by atoms with Gasteiger partial charge in [-0.2, -0.15) is 0 Å². The van der Waals surface area contributed by atoms with Gasteiger partial charge in [-0.1, -0.05) is 12.1 Å². The van der Waals surface area contributed by atoms with Gasteiger partial charge in [0.25, 0.3) is 11.8 Å². The maximum Gasteiger partial charge on any atom is 0.259 e. The number of likely N-dealkylation sites (tertiary alicyclic amines) is 1. The lowest BCUT2D eigenvalue weighted by atomic mass is 9.75. The van der Waals surface area contributed by atoms with Crippen LogP contribution < -0.4 is 19.7 Å². The molecule has 10 heteroatoms. The third-order valence-electron chi connectivity index (χ3n) is 7.65. The van der Waals surface area contributed by atoms with Crippen molar-refractivity contribution in [3.05, 3.63) is 72.3 Å². The number of pyridine rings is 1. The minimum absolute atomic E-state index is 0.0730. The van der Waals surface area contributed by atoms with Crippen LogP contribution in [0.5, 0.6) is 11.6 Å². The zero-order chi connectivity index (χ0) is 27.1. The van der Waals surface area contributed by atoms with Crippen molar-refractivity contribution in [1.82, 2.24) is 25.2 Å². The summed E-state index contributed by atoms with van der Waals surface area (Å²) in [6.07, 6.45) is 10.1. The van der Waals surface area contributed by atoms with E-state index in [0.29, 0.717) is 55.5 Å². The van der Waals surface area contributed by atoms with Gasteiger partial charge in [-0.25, -0.2) is 9.97 Å². The molecule has 5 rings (SSSR count). The number of fused-ring (bicyclic) bond motifs is 1. The largest absolute Gasteiger partial charge is 0.492 e. The van der Waals surface area contributed by atoms with Gasteiger partial charge in [0.2, 0.25) is 5.88 Å². The number of carbonyl (C=O) groups is 2. The molecule has 0 saturated carbocycles. The van der Waals surface area contributed by atoms with Crippen molar-refractivity contribution < 1.29 is 19.1 Å². The summed E-state index contributed by atoms with van der Waals surface area (Å²) >= 11 is 0. The highest BCUT2D eigenvalue weighted by atomic mass is 16.5. The van der Waals surface area contributed by atoms with Crippen LogP contribution in [0.2, 0.25) is 0 Å². The third-order valence-corrected chi connectivity index (χ3v) is 7.65. The Kier molecular flexibility index (Phi) is 8.19. The number of nitrogens with zero attached hydrogens (tertiary/aromatic N) is 5. The van der Waals surface area contributed by atoms with Gasteiger partial charge < -0.3 is 24.6 Å². The van der Waals surface area contributed by atoms with Crippen LogP contribution >= 0.6 is 0 Å². The molecule has 0 aliphatic carbocycles. The lowest BCUT2D eigenvalue weighted by molar-refractivity contribution is 0.0362. The minimum Gasteiger partial charge on any atom is -0.492 e. The molecule has 1 fully saturated rings. The van der Waals surface area contributed by atoms with Crippen LogP contribution in [0.3, 0.4) is 0 Å². The highest BCUT2D eigenvalue weighted by Gasteiger charge is 2.37. The fraction of sp³-hybridized carbons (Fsp3) is 0.414. The summed E-state index contributed by atoms with van der Waals surface area (Å²) in [6.45, 7) is 3.56. The van der Waals surface area contributed by atoms with Gasteiger partial charge >= 0.3 is 0 Å². The molecule has 2 aliphatic heterocycles. The first-order valence-electron chi connectivity index (χ1n) is 13.4. The van der Waals surface area contributed by atoms with Crippen LogP contribution in [0.25, 0.3) is 0 Å². The monoisotopic (exact) mass is 530 g/mol. The number of piperidine rings is 1. The predicted octanol–water partition coefficient (Wildman–Crippen LogP) is 3.21. The number of hydrogen-bond acceptors (Lipinski definition) is 8. The Bertz CT molecular complexity index is 1280. The van der Waals surface area contributed by atoms with Crippen LogP contribution in [-0.2, 0) is 0 Å². The molecule has 0 bridgehead atoms. The second kappa shape index (κ2) is 12.1. The topological polar surface area (TPSA) is 110 Å². The number of methoxy groups -OCH3 is 1. The molecular weight excluding hydrogens is 496 g/mol. The first-order valence-corrected chi connectivity index (χ1v) is 13.4. The molecule has 0 radical (unpaired) electrons. The van der Waals surface area contributed by atoms with Gasteiger partial charge in [-0.05, 0) is 49.9 Å². The smallest absolute Gasteiger partial charge is 0.259 e. The number of para-hydroxylation sites is 1. The summed E-state index contributed by atoms with van der Waals surface area (Å²) in [5, 5.41) is 3.02. The van der Waals surface area contributed by atoms with Crippen LogP contribution in [-0.4, -0.2) is 78.1 Å². The summed E-state index contributed by atoms with van der Waals surface area (Å²) in [5.41, 5.74) is 0.859. The molecule has 3 aromatic rings. The Morgan fingerprint density at radius 1 is 1.00 bits per heavy atom. The molecule has 2 amide bonds. The van der Waals surface area contributed by atoms with E-state index in [1.54, 1.807) is 43.0 Å². The van der Waals surface area contributed by atoms with E-state index in [0.717, 1.165) is 38.0 Å². The molecular formula is C29H34N6O4. The molecule has 2 aliphatic rings. The normalized spacial score (nSPS) is 18.0. The predicted molar refractivity (Wildman–Crippen MR) is 146 cm³/mol. The van der Waals surface area contributed by atoms with Gasteiger partial charge in [-0.3, -0.25) is 14.6 Å². The summed E-state index contributed by atoms with van der Waals surface area (Å²) in [6, 6.07) is 10.9. The molecule has 1 N–H and O–H groups in total. The van der Waals surface area contributed by atoms with Crippen molar-refractivity contribution in [2.24, 2.45) is 5.41 Å². The van der Waals surface area contributed by atoms with E-state index in [1.807, 2.05) is 23.1 Å². The molecule has 1 saturated heterocycles. The highest BCUT2D eigenvalue weighted by molar-refractivity contribution is 5.97. The van der Waals surface area contributed by atoms with Gasteiger partial charge in [0.15, 0.2) is 0 Å². The first kappa shape index (κ1) is 26.4. The van der Waals surface area contributed by atoms with Crippen molar-refractivity contribution in [2.45, 2.75) is 25.7 Å². The van der Waals surface area contributed by atoms with Crippen molar-refractivity contribution in [3.63, 3.8) is 0 Å². The zero-order valence-corrected chi connectivity index (χ0v) is 22.2. The molecule has 0 unspecified atom stereocenters. The van der Waals surface area contributed by atoms with Gasteiger partial charge in [-0.15, -0.1) is 0 Å². The van der Waals surface area contributed by atoms with Crippen LogP contribution in [0.15, 0.2) is 61.2 Å². The van der Waals surface area contributed by atoms with E-state index in [1.165, 1.54) is 7.11 Å². The number of ether oxygens (including phenoxy) is 2. The minimum atomic E-state index is -0.163. The number of amides is 2. The van der Waals surface area contributed by atoms with Crippen molar-refractivity contribution in [2.75, 3.05) is 51.3 Å². The number of nitrogens with one attached hydrogen (secondary N) is 1. The summed E-state index contributed by atoms with van der Waals surface area (Å²) in [4.78, 5) is 43.3. The quantitative estimate of drug-likeness (QED) is 0.550. The summed E-state index contributed by atoms with van der Waals surface area (Å²) in [5.74, 6) is 1.48. The molecule has 204 valence electrons. The van der Waals surface area contributed by atoms with E-state index in [2.05, 4.69) is 25.2 Å². The van der Waals surface area contributed by atoms with Crippen LogP contribution in [0.1, 0.15) is 46.4 Å². The molecule has 2 aromatic heterocycles. The Hall–Kier alpha value is -4.21. The van der Waals surface area contributed by atoms with E-state index in [-0.39, 0.29) is 17.2 Å². The standard InChI is InChI=1S/C29H34N6O4/c1-38-27-23(7-4-12-33-27)28(37)35-17-10-29(11-18-35)9-5-16-34(25-20-30-13-14-31-25)19-15-32-26(36)22-6-2-3-8-24(22)39-21-29/h2-4,6-8,12-14,20H,5,9-11,15-19,21H2,1H3,(H,32,36). The number of aromatic nitrogens is 3. The number of anilines is 1. The molecule has 10 nitrogen and oxygen atoms in total. The maximum atomic E-state index is 13.3. The number of hydrogen-bond donors (Lipinski definition) is 1. The third kappa shape index (κ3) is 6.10. The number of carbonyl (C=O) groups excluding carboxylic acids is 2. The van der Waals surface area contributed by atoms with Gasteiger partial charge in [0, 0.05) is 56.7 Å². The zero-order valence-electron chi connectivity index (χ0n) is 22.2. The second-order valence-corrected chi connectivity index (χ2v) is 10.0. The van der Waals surface area contributed by atoms with E-state index < -0.39 is 0 Å². The van der Waals surface area contributed by atoms with E-state index in [4.69, 9.17) is 9.47 Å². The average molecular weight is 531 g/mol. The molecule has 39 heavy (non-hydrogen) atoms. The lowest BCUT2D eigenvalue weighted by Crippen LogP contribution is -2.46. The van der Waals surface area contributed by atoms with Crippen LogP contribution in [0, 0.1) is 5.41 Å².